The van der Waals surface area contributed by atoms with Gasteiger partial charge in [0.25, 0.3) is 0 Å². The lowest BCUT2D eigenvalue weighted by atomic mass is 9.97. The second-order valence-electron chi connectivity index (χ2n) is 7.06. The highest BCUT2D eigenvalue weighted by Gasteiger charge is 2.34. The first-order chi connectivity index (χ1) is 14.2. The van der Waals surface area contributed by atoms with Gasteiger partial charge in [0.15, 0.2) is 5.76 Å². The Bertz CT molecular complexity index is 1210. The van der Waals surface area contributed by atoms with Gasteiger partial charge in [0, 0.05) is 18.8 Å². The Balaban J connectivity index is 1.56. The van der Waals surface area contributed by atoms with E-state index in [1.807, 2.05) is 37.3 Å². The summed E-state index contributed by atoms with van der Waals surface area (Å²) in [4.78, 5) is 21.8. The Morgan fingerprint density at radius 3 is 2.59 bits per heavy atom. The summed E-state index contributed by atoms with van der Waals surface area (Å²) in [5.41, 5.74) is 5.63. The molecule has 3 heterocycles. The zero-order chi connectivity index (χ0) is 19.8. The van der Waals surface area contributed by atoms with Crippen LogP contribution in [0.4, 0.5) is 0 Å². The maximum Gasteiger partial charge on any atom is 0.310 e. The highest BCUT2D eigenvalue weighted by Crippen LogP contribution is 2.35. The largest absolute Gasteiger partial charge is 0.459 e. The van der Waals surface area contributed by atoms with Crippen LogP contribution >= 0.6 is 0 Å². The van der Waals surface area contributed by atoms with Crippen molar-refractivity contribution in [3.8, 4) is 0 Å². The van der Waals surface area contributed by atoms with Gasteiger partial charge in [0.1, 0.15) is 0 Å². The molecule has 2 aromatic carbocycles. The summed E-state index contributed by atoms with van der Waals surface area (Å²) in [6.07, 6.45) is 5.44. The minimum atomic E-state index is -0.263. The first-order valence-electron chi connectivity index (χ1n) is 9.41. The Morgan fingerprint density at radius 1 is 1.03 bits per heavy atom. The molecular formula is C23H18N4O2. The number of rotatable bonds is 3. The van der Waals surface area contributed by atoms with Crippen LogP contribution in [0.25, 0.3) is 11.0 Å². The van der Waals surface area contributed by atoms with E-state index in [0.29, 0.717) is 6.42 Å². The number of amides is 1. The van der Waals surface area contributed by atoms with Gasteiger partial charge in [-0.25, -0.2) is 5.01 Å². The van der Waals surface area contributed by atoms with Gasteiger partial charge in [-0.3, -0.25) is 14.8 Å². The number of hydrazone groups is 1. The van der Waals surface area contributed by atoms with Crippen LogP contribution in [0.2, 0.25) is 0 Å². The molecule has 1 aliphatic rings. The molecule has 0 radical (unpaired) electrons. The van der Waals surface area contributed by atoms with Crippen molar-refractivity contribution >= 4 is 22.7 Å². The van der Waals surface area contributed by atoms with Crippen molar-refractivity contribution in [1.82, 2.24) is 15.0 Å². The van der Waals surface area contributed by atoms with Gasteiger partial charge in [0.05, 0.1) is 29.1 Å². The fraction of sp³-hybridized carbons (Fsp3) is 0.130. The van der Waals surface area contributed by atoms with Crippen LogP contribution in [-0.2, 0) is 0 Å². The molecule has 0 bridgehead atoms. The third kappa shape index (κ3) is 3.18. The molecular weight excluding hydrogens is 364 g/mol. The minimum Gasteiger partial charge on any atom is -0.459 e. The van der Waals surface area contributed by atoms with Crippen molar-refractivity contribution in [2.24, 2.45) is 5.10 Å². The molecule has 0 unspecified atom stereocenters. The molecule has 0 spiro atoms. The van der Waals surface area contributed by atoms with E-state index in [0.717, 1.165) is 27.9 Å². The molecule has 1 atom stereocenters. The topological polar surface area (TPSA) is 71.6 Å². The summed E-state index contributed by atoms with van der Waals surface area (Å²) in [6, 6.07) is 17.2. The number of benzene rings is 2. The average Bonchev–Trinajstić information content (AvgIpc) is 3.44. The van der Waals surface area contributed by atoms with E-state index in [2.05, 4.69) is 27.2 Å². The molecule has 6 heteroatoms. The predicted molar refractivity (Wildman–Crippen MR) is 109 cm³/mol. The third-order valence-electron chi connectivity index (χ3n) is 5.11. The second kappa shape index (κ2) is 6.98. The van der Waals surface area contributed by atoms with E-state index in [1.54, 1.807) is 24.5 Å². The molecule has 0 saturated carbocycles. The summed E-state index contributed by atoms with van der Waals surface area (Å²) in [5.74, 6) is 0.00541. The number of hydrogen-bond donors (Lipinski definition) is 0. The van der Waals surface area contributed by atoms with Crippen LogP contribution < -0.4 is 0 Å². The van der Waals surface area contributed by atoms with E-state index in [1.165, 1.54) is 16.8 Å². The Labute approximate surface area is 167 Å². The highest BCUT2D eigenvalue weighted by molar-refractivity contribution is 6.04. The van der Waals surface area contributed by atoms with Gasteiger partial charge in [-0.15, -0.1) is 0 Å². The van der Waals surface area contributed by atoms with E-state index in [4.69, 9.17) is 4.42 Å². The molecule has 0 fully saturated rings. The van der Waals surface area contributed by atoms with Gasteiger partial charge >= 0.3 is 5.91 Å². The molecule has 0 saturated heterocycles. The SMILES string of the molecule is Cc1ccc(C2=NN(C(=O)c3ccco3)[C@H](c3ccc4nccnc4c3)C2)cc1. The quantitative estimate of drug-likeness (QED) is 0.522. The minimum absolute atomic E-state index is 0.240. The van der Waals surface area contributed by atoms with Crippen molar-refractivity contribution in [2.75, 3.05) is 0 Å². The lowest BCUT2D eigenvalue weighted by Gasteiger charge is -2.21. The van der Waals surface area contributed by atoms with E-state index < -0.39 is 0 Å². The van der Waals surface area contributed by atoms with Gasteiger partial charge < -0.3 is 4.42 Å². The molecule has 1 amide bonds. The monoisotopic (exact) mass is 382 g/mol. The maximum atomic E-state index is 13.1. The summed E-state index contributed by atoms with van der Waals surface area (Å²) in [6.45, 7) is 2.05. The number of carbonyl (C=O) groups excluding carboxylic acids is 1. The van der Waals surface area contributed by atoms with Crippen LogP contribution in [0, 0.1) is 6.92 Å². The molecule has 142 valence electrons. The zero-order valence-corrected chi connectivity index (χ0v) is 15.8. The van der Waals surface area contributed by atoms with Crippen LogP contribution in [0.3, 0.4) is 0 Å². The summed E-state index contributed by atoms with van der Waals surface area (Å²) >= 11 is 0. The number of aromatic nitrogens is 2. The predicted octanol–water partition coefficient (Wildman–Crippen LogP) is 4.52. The Hall–Kier alpha value is -3.80. The summed E-state index contributed by atoms with van der Waals surface area (Å²) < 4.78 is 5.34. The molecule has 0 aliphatic carbocycles. The highest BCUT2D eigenvalue weighted by atomic mass is 16.3. The lowest BCUT2D eigenvalue weighted by molar-refractivity contribution is 0.0678. The Morgan fingerprint density at radius 2 is 1.83 bits per heavy atom. The van der Waals surface area contributed by atoms with Crippen molar-refractivity contribution in [3.63, 3.8) is 0 Å². The van der Waals surface area contributed by atoms with E-state index >= 15 is 0 Å². The van der Waals surface area contributed by atoms with Crippen molar-refractivity contribution in [2.45, 2.75) is 19.4 Å². The van der Waals surface area contributed by atoms with Crippen molar-refractivity contribution in [1.29, 1.82) is 0 Å². The van der Waals surface area contributed by atoms with E-state index in [9.17, 15) is 4.79 Å². The van der Waals surface area contributed by atoms with Gasteiger partial charge in [-0.1, -0.05) is 35.9 Å². The third-order valence-corrected chi connectivity index (χ3v) is 5.11. The van der Waals surface area contributed by atoms with Crippen molar-refractivity contribution in [3.05, 3.63) is 95.7 Å². The van der Waals surface area contributed by atoms with Gasteiger partial charge in [0.2, 0.25) is 0 Å². The normalized spacial score (nSPS) is 16.2. The fourth-order valence-electron chi connectivity index (χ4n) is 3.58. The molecule has 5 rings (SSSR count). The molecule has 4 aromatic rings. The number of aryl methyl sites for hydroxylation is 1. The van der Waals surface area contributed by atoms with Crippen LogP contribution in [0.5, 0.6) is 0 Å². The van der Waals surface area contributed by atoms with Crippen LogP contribution in [0.1, 0.15) is 39.7 Å². The van der Waals surface area contributed by atoms with E-state index in [-0.39, 0.29) is 17.7 Å². The van der Waals surface area contributed by atoms with Crippen molar-refractivity contribution < 1.29 is 9.21 Å². The summed E-state index contributed by atoms with van der Waals surface area (Å²) in [7, 11) is 0. The number of furan rings is 1. The Kier molecular flexibility index (Phi) is 4.17. The number of hydrogen-bond acceptors (Lipinski definition) is 5. The summed E-state index contributed by atoms with van der Waals surface area (Å²) in [5, 5.41) is 6.21. The molecule has 1 aliphatic heterocycles. The van der Waals surface area contributed by atoms with Gasteiger partial charge in [-0.2, -0.15) is 5.10 Å². The average molecular weight is 382 g/mol. The van der Waals surface area contributed by atoms with Gasteiger partial charge in [-0.05, 0) is 42.3 Å². The second-order valence-corrected chi connectivity index (χ2v) is 7.06. The fourth-order valence-corrected chi connectivity index (χ4v) is 3.58. The number of fused-ring (bicyclic) bond motifs is 1. The van der Waals surface area contributed by atoms with Crippen LogP contribution in [-0.4, -0.2) is 26.6 Å². The molecule has 0 N–H and O–H groups in total. The first-order valence-corrected chi connectivity index (χ1v) is 9.41. The molecule has 29 heavy (non-hydrogen) atoms. The first kappa shape index (κ1) is 17.3. The lowest BCUT2D eigenvalue weighted by Crippen LogP contribution is -2.26. The zero-order valence-electron chi connectivity index (χ0n) is 15.8. The standard InChI is InChI=1S/C23H18N4O2/c1-15-4-6-16(7-5-15)19-14-21(27(26-19)23(28)22-3-2-12-29-22)17-8-9-18-20(13-17)25-11-10-24-18/h2-13,21H,14H2,1H3/t21-/m0/s1. The smallest absolute Gasteiger partial charge is 0.310 e. The maximum absolute atomic E-state index is 13.1. The molecule has 6 nitrogen and oxygen atoms in total. The number of carbonyl (C=O) groups is 1. The number of nitrogens with zero attached hydrogens (tertiary/aromatic N) is 4. The molecule has 2 aromatic heterocycles. The van der Waals surface area contributed by atoms with Crippen LogP contribution in [0.15, 0.2) is 82.8 Å².